The van der Waals surface area contributed by atoms with Gasteiger partial charge >= 0.3 is 6.18 Å². The highest BCUT2D eigenvalue weighted by Gasteiger charge is 2.30. The van der Waals surface area contributed by atoms with Crippen molar-refractivity contribution in [1.29, 1.82) is 0 Å². The van der Waals surface area contributed by atoms with Crippen LogP contribution in [0.1, 0.15) is 22.7 Å². The Bertz CT molecular complexity index is 805. The molecule has 2 aromatic rings. The molecule has 3 N–H and O–H groups in total. The number of hydrogen-bond acceptors (Lipinski definition) is 5. The molecule has 5 nitrogen and oxygen atoms in total. The summed E-state index contributed by atoms with van der Waals surface area (Å²) in [5.41, 5.74) is 8.13. The maximum absolute atomic E-state index is 13.4. The SMILES string of the molecule is CONc1cc(F)cc(N)c1C=NC(C=O)c1ccc(C(F)(F)F)cc1. The quantitative estimate of drug-likeness (QED) is 0.267. The van der Waals surface area contributed by atoms with Gasteiger partial charge in [0.1, 0.15) is 18.1 Å². The Balaban J connectivity index is 2.32. The number of benzene rings is 2. The Morgan fingerprint density at radius 2 is 1.88 bits per heavy atom. The summed E-state index contributed by atoms with van der Waals surface area (Å²) in [5, 5.41) is 0. The van der Waals surface area contributed by atoms with Gasteiger partial charge < -0.3 is 10.5 Å². The lowest BCUT2D eigenvalue weighted by molar-refractivity contribution is -0.137. The van der Waals surface area contributed by atoms with Gasteiger partial charge in [-0.1, -0.05) is 12.1 Å². The molecule has 0 aliphatic rings. The highest BCUT2D eigenvalue weighted by Crippen LogP contribution is 2.30. The Hall–Kier alpha value is -2.94. The number of anilines is 2. The number of alkyl halides is 3. The molecule has 0 saturated carbocycles. The average molecular weight is 369 g/mol. The minimum atomic E-state index is -4.47. The van der Waals surface area contributed by atoms with E-state index in [-0.39, 0.29) is 22.5 Å². The van der Waals surface area contributed by atoms with E-state index in [9.17, 15) is 22.4 Å². The van der Waals surface area contributed by atoms with Gasteiger partial charge in [0.05, 0.1) is 18.4 Å². The molecule has 0 aromatic heterocycles. The van der Waals surface area contributed by atoms with Crippen molar-refractivity contribution in [2.24, 2.45) is 4.99 Å². The zero-order valence-electron chi connectivity index (χ0n) is 13.5. The molecule has 0 heterocycles. The Morgan fingerprint density at radius 1 is 1.23 bits per heavy atom. The molecule has 0 fully saturated rings. The number of carbonyl (C=O) groups excluding carboxylic acids is 1. The molecule has 0 radical (unpaired) electrons. The summed E-state index contributed by atoms with van der Waals surface area (Å²) in [5.74, 6) is -0.603. The highest BCUT2D eigenvalue weighted by molar-refractivity contribution is 5.94. The van der Waals surface area contributed by atoms with Crippen molar-refractivity contribution in [2.75, 3.05) is 18.3 Å². The lowest BCUT2D eigenvalue weighted by Gasteiger charge is -2.12. The van der Waals surface area contributed by atoms with Gasteiger partial charge in [-0.3, -0.25) is 15.3 Å². The number of aliphatic imine (C=N–C) groups is 1. The fourth-order valence-electron chi connectivity index (χ4n) is 2.20. The number of carbonyl (C=O) groups is 1. The van der Waals surface area contributed by atoms with Crippen LogP contribution in [-0.2, 0) is 15.8 Å². The lowest BCUT2D eigenvalue weighted by atomic mass is 10.1. The van der Waals surface area contributed by atoms with Gasteiger partial charge in [0.25, 0.3) is 0 Å². The minimum absolute atomic E-state index is 0.0466. The van der Waals surface area contributed by atoms with Gasteiger partial charge in [-0.05, 0) is 23.8 Å². The second-order valence-corrected chi connectivity index (χ2v) is 5.24. The van der Waals surface area contributed by atoms with Crippen LogP contribution < -0.4 is 11.2 Å². The van der Waals surface area contributed by atoms with E-state index in [1.807, 2.05) is 0 Å². The van der Waals surface area contributed by atoms with E-state index >= 15 is 0 Å². The van der Waals surface area contributed by atoms with E-state index in [4.69, 9.17) is 10.6 Å². The van der Waals surface area contributed by atoms with Crippen LogP contribution in [0, 0.1) is 5.82 Å². The molecule has 0 spiro atoms. The fourth-order valence-corrected chi connectivity index (χ4v) is 2.20. The molecule has 1 atom stereocenters. The summed E-state index contributed by atoms with van der Waals surface area (Å²) in [4.78, 5) is 20.1. The van der Waals surface area contributed by atoms with Gasteiger partial charge in [0.15, 0.2) is 0 Å². The number of halogens is 4. The molecular weight excluding hydrogens is 354 g/mol. The summed E-state index contributed by atoms with van der Waals surface area (Å²) >= 11 is 0. The number of nitrogens with one attached hydrogen (secondary N) is 1. The van der Waals surface area contributed by atoms with Crippen molar-refractivity contribution in [1.82, 2.24) is 0 Å². The fraction of sp³-hybridized carbons (Fsp3) is 0.176. The molecule has 2 aromatic carbocycles. The van der Waals surface area contributed by atoms with Crippen LogP contribution in [0.5, 0.6) is 0 Å². The first kappa shape index (κ1) is 19.4. The monoisotopic (exact) mass is 369 g/mol. The van der Waals surface area contributed by atoms with Crippen molar-refractivity contribution in [3.63, 3.8) is 0 Å². The second kappa shape index (κ2) is 7.96. The second-order valence-electron chi connectivity index (χ2n) is 5.24. The van der Waals surface area contributed by atoms with Crippen molar-refractivity contribution in [2.45, 2.75) is 12.2 Å². The van der Waals surface area contributed by atoms with Crippen LogP contribution in [0.25, 0.3) is 0 Å². The zero-order valence-corrected chi connectivity index (χ0v) is 13.5. The van der Waals surface area contributed by atoms with Crippen molar-refractivity contribution >= 4 is 23.9 Å². The number of rotatable bonds is 6. The topological polar surface area (TPSA) is 76.7 Å². The summed E-state index contributed by atoms with van der Waals surface area (Å²) in [6.45, 7) is 0. The van der Waals surface area contributed by atoms with Crippen molar-refractivity contribution in [3.05, 3.63) is 58.9 Å². The van der Waals surface area contributed by atoms with Gasteiger partial charge in [0, 0.05) is 23.5 Å². The van der Waals surface area contributed by atoms with E-state index in [0.29, 0.717) is 6.29 Å². The van der Waals surface area contributed by atoms with Crippen LogP contribution in [0.3, 0.4) is 0 Å². The van der Waals surface area contributed by atoms with Crippen LogP contribution in [0.2, 0.25) is 0 Å². The predicted molar refractivity (Wildman–Crippen MR) is 89.3 cm³/mol. The zero-order chi connectivity index (χ0) is 19.3. The van der Waals surface area contributed by atoms with Crippen molar-refractivity contribution in [3.8, 4) is 0 Å². The summed E-state index contributed by atoms with van der Waals surface area (Å²) in [6, 6.07) is 5.21. The molecule has 2 rings (SSSR count). The molecule has 0 aliphatic heterocycles. The molecule has 0 bridgehead atoms. The molecular formula is C17H15F4N3O2. The third-order valence-corrected chi connectivity index (χ3v) is 3.46. The van der Waals surface area contributed by atoms with Gasteiger partial charge in [-0.25, -0.2) is 4.39 Å². The summed E-state index contributed by atoms with van der Waals surface area (Å²) < 4.78 is 51.2. The smallest absolute Gasteiger partial charge is 0.398 e. The molecule has 1 unspecified atom stereocenters. The van der Waals surface area contributed by atoms with Gasteiger partial charge in [-0.15, -0.1) is 0 Å². The number of nitrogens with two attached hydrogens (primary N) is 1. The number of aldehydes is 1. The maximum atomic E-state index is 13.4. The Morgan fingerprint density at radius 3 is 2.42 bits per heavy atom. The molecule has 138 valence electrons. The predicted octanol–water partition coefficient (Wildman–Crippen LogP) is 3.76. The molecule has 9 heteroatoms. The normalized spacial score (nSPS) is 13.0. The molecule has 0 amide bonds. The summed E-state index contributed by atoms with van der Waals surface area (Å²) in [7, 11) is 1.32. The van der Waals surface area contributed by atoms with Crippen LogP contribution in [0.15, 0.2) is 41.4 Å². The molecule has 0 aliphatic carbocycles. The Kier molecular flexibility index (Phi) is 5.93. The first-order valence-corrected chi connectivity index (χ1v) is 7.30. The highest BCUT2D eigenvalue weighted by atomic mass is 19.4. The number of nitrogens with zero attached hydrogens (tertiary/aromatic N) is 1. The van der Waals surface area contributed by atoms with E-state index in [2.05, 4.69) is 10.5 Å². The third kappa shape index (κ3) is 4.57. The average Bonchev–Trinajstić information content (AvgIpc) is 2.57. The van der Waals surface area contributed by atoms with Crippen LogP contribution >= 0.6 is 0 Å². The molecule has 26 heavy (non-hydrogen) atoms. The van der Waals surface area contributed by atoms with E-state index in [1.165, 1.54) is 25.5 Å². The van der Waals surface area contributed by atoms with E-state index in [0.717, 1.165) is 24.3 Å². The number of hydrogen-bond donors (Lipinski definition) is 2. The molecule has 0 saturated heterocycles. The van der Waals surface area contributed by atoms with E-state index < -0.39 is 23.6 Å². The minimum Gasteiger partial charge on any atom is -0.398 e. The summed E-state index contributed by atoms with van der Waals surface area (Å²) in [6.07, 6.45) is -2.77. The first-order chi connectivity index (χ1) is 12.3. The van der Waals surface area contributed by atoms with Gasteiger partial charge in [0.2, 0.25) is 0 Å². The van der Waals surface area contributed by atoms with Gasteiger partial charge in [-0.2, -0.15) is 13.2 Å². The third-order valence-electron chi connectivity index (χ3n) is 3.46. The lowest BCUT2D eigenvalue weighted by Crippen LogP contribution is -2.07. The standard InChI is InChI=1S/C17H15F4N3O2/c1-26-24-15-7-12(18)6-14(22)13(15)8-23-16(9-25)10-2-4-11(5-3-10)17(19,20)21/h2-9,16,24H,22H2,1H3. The Labute approximate surface area is 146 Å². The largest absolute Gasteiger partial charge is 0.416 e. The number of nitrogen functional groups attached to an aromatic ring is 1. The van der Waals surface area contributed by atoms with E-state index in [1.54, 1.807) is 0 Å². The first-order valence-electron chi connectivity index (χ1n) is 7.30. The van der Waals surface area contributed by atoms with Crippen LogP contribution in [-0.4, -0.2) is 19.6 Å². The van der Waals surface area contributed by atoms with Crippen molar-refractivity contribution < 1.29 is 27.2 Å². The van der Waals surface area contributed by atoms with Crippen LogP contribution in [0.4, 0.5) is 28.9 Å². The maximum Gasteiger partial charge on any atom is 0.416 e.